The zero-order valence-electron chi connectivity index (χ0n) is 40.1. The van der Waals surface area contributed by atoms with Crippen molar-refractivity contribution in [3.05, 3.63) is 0 Å². The second-order valence-electron chi connectivity index (χ2n) is 19.0. The van der Waals surface area contributed by atoms with Crippen LogP contribution in [-0.4, -0.2) is 110 Å². The van der Waals surface area contributed by atoms with Crippen LogP contribution in [0.1, 0.15) is 251 Å². The number of aliphatic hydroxyl groups excluding tert-OH is 7. The average Bonchev–Trinajstić information content (AvgIpc) is 3.27. The van der Waals surface area contributed by atoms with Crippen molar-refractivity contribution in [3.8, 4) is 0 Å². The van der Waals surface area contributed by atoms with Crippen molar-refractivity contribution >= 4 is 5.91 Å². The van der Waals surface area contributed by atoms with Gasteiger partial charge in [0, 0.05) is 0 Å². The quantitative estimate of drug-likeness (QED) is 0.0273. The number of amides is 1. The van der Waals surface area contributed by atoms with E-state index in [-0.39, 0.29) is 6.42 Å². The van der Waals surface area contributed by atoms with E-state index < -0.39 is 74.2 Å². The zero-order valence-corrected chi connectivity index (χ0v) is 40.1. The molecule has 62 heavy (non-hydrogen) atoms. The maximum atomic E-state index is 13.1. The molecule has 1 saturated heterocycles. The van der Waals surface area contributed by atoms with Gasteiger partial charge in [-0.2, -0.15) is 0 Å². The lowest BCUT2D eigenvalue weighted by Crippen LogP contribution is -2.60. The monoisotopic (exact) mass is 888 g/mol. The molecule has 370 valence electrons. The zero-order chi connectivity index (χ0) is 45.5. The van der Waals surface area contributed by atoms with E-state index in [1.54, 1.807) is 0 Å². The summed E-state index contributed by atoms with van der Waals surface area (Å²) < 4.78 is 11.1. The third-order valence-electron chi connectivity index (χ3n) is 13.2. The van der Waals surface area contributed by atoms with Gasteiger partial charge < -0.3 is 50.5 Å². The van der Waals surface area contributed by atoms with Crippen molar-refractivity contribution in [1.29, 1.82) is 0 Å². The number of carbonyl (C=O) groups is 1. The maximum absolute atomic E-state index is 13.1. The van der Waals surface area contributed by atoms with Crippen molar-refractivity contribution in [2.45, 2.75) is 306 Å². The molecule has 8 N–H and O–H groups in total. The van der Waals surface area contributed by atoms with Gasteiger partial charge in [0.05, 0.1) is 25.4 Å². The summed E-state index contributed by atoms with van der Waals surface area (Å²) in [5.74, 6) is -0.692. The van der Waals surface area contributed by atoms with Crippen molar-refractivity contribution in [3.63, 3.8) is 0 Å². The summed E-state index contributed by atoms with van der Waals surface area (Å²) >= 11 is 0. The van der Waals surface area contributed by atoms with Crippen molar-refractivity contribution < 1.29 is 50.0 Å². The lowest BCUT2D eigenvalue weighted by atomic mass is 9.98. The molecule has 11 nitrogen and oxygen atoms in total. The molecule has 0 aliphatic carbocycles. The van der Waals surface area contributed by atoms with Crippen LogP contribution in [0, 0.1) is 0 Å². The van der Waals surface area contributed by atoms with E-state index in [9.17, 15) is 40.5 Å². The summed E-state index contributed by atoms with van der Waals surface area (Å²) in [5.41, 5.74) is 0. The Morgan fingerprint density at radius 3 is 1.19 bits per heavy atom. The van der Waals surface area contributed by atoms with Crippen LogP contribution in [0.3, 0.4) is 0 Å². The molecule has 0 radical (unpaired) electrons. The van der Waals surface area contributed by atoms with Gasteiger partial charge in [0.2, 0.25) is 5.91 Å². The van der Waals surface area contributed by atoms with E-state index in [0.717, 1.165) is 38.5 Å². The van der Waals surface area contributed by atoms with Gasteiger partial charge in [-0.15, -0.1) is 0 Å². The van der Waals surface area contributed by atoms with Gasteiger partial charge in [0.15, 0.2) is 6.29 Å². The highest BCUT2D eigenvalue weighted by Crippen LogP contribution is 2.23. The number of nitrogens with one attached hydrogen (secondary N) is 1. The highest BCUT2D eigenvalue weighted by molar-refractivity contribution is 5.80. The molecule has 0 bridgehead atoms. The molecular weight excluding hydrogens is 787 g/mol. The van der Waals surface area contributed by atoms with Crippen molar-refractivity contribution in [1.82, 2.24) is 5.32 Å². The summed E-state index contributed by atoms with van der Waals surface area (Å²) in [4.78, 5) is 13.1. The lowest BCUT2D eigenvalue weighted by molar-refractivity contribution is -0.303. The molecule has 1 amide bonds. The molecule has 1 aliphatic rings. The number of carbonyl (C=O) groups excluding carboxylic acids is 1. The molecule has 1 fully saturated rings. The maximum Gasteiger partial charge on any atom is 0.249 e. The summed E-state index contributed by atoms with van der Waals surface area (Å²) in [5, 5.41) is 75.8. The van der Waals surface area contributed by atoms with Crippen LogP contribution in [0.25, 0.3) is 0 Å². The first kappa shape index (κ1) is 59.1. The van der Waals surface area contributed by atoms with Crippen molar-refractivity contribution in [2.75, 3.05) is 13.2 Å². The van der Waals surface area contributed by atoms with Crippen molar-refractivity contribution in [2.24, 2.45) is 0 Å². The fraction of sp³-hybridized carbons (Fsp3) is 0.980. The third-order valence-corrected chi connectivity index (χ3v) is 13.2. The Kier molecular flexibility index (Phi) is 39.6. The van der Waals surface area contributed by atoms with E-state index in [1.165, 1.54) is 173 Å². The fourth-order valence-corrected chi connectivity index (χ4v) is 8.80. The minimum atomic E-state index is -1.66. The fourth-order valence-electron chi connectivity index (χ4n) is 8.80. The number of rotatable bonds is 45. The molecule has 9 unspecified atom stereocenters. The van der Waals surface area contributed by atoms with Gasteiger partial charge in [-0.25, -0.2) is 0 Å². The van der Waals surface area contributed by atoms with Gasteiger partial charge in [0.25, 0.3) is 0 Å². The van der Waals surface area contributed by atoms with E-state index in [1.807, 2.05) is 0 Å². The predicted molar refractivity (Wildman–Crippen MR) is 252 cm³/mol. The van der Waals surface area contributed by atoms with Crippen LogP contribution < -0.4 is 5.32 Å². The first-order chi connectivity index (χ1) is 30.2. The topological polar surface area (TPSA) is 189 Å². The van der Waals surface area contributed by atoms with Crippen LogP contribution >= 0.6 is 0 Å². The Morgan fingerprint density at radius 2 is 0.839 bits per heavy atom. The van der Waals surface area contributed by atoms with Gasteiger partial charge in [-0.05, 0) is 12.8 Å². The number of ether oxygens (including phenoxy) is 2. The van der Waals surface area contributed by atoms with Gasteiger partial charge in [-0.1, -0.05) is 239 Å². The lowest BCUT2D eigenvalue weighted by Gasteiger charge is -2.40. The largest absolute Gasteiger partial charge is 0.394 e. The molecule has 0 saturated carbocycles. The van der Waals surface area contributed by atoms with E-state index in [2.05, 4.69) is 19.2 Å². The van der Waals surface area contributed by atoms with Crippen LogP contribution in [0.2, 0.25) is 0 Å². The normalized spacial score (nSPS) is 21.2. The Hall–Kier alpha value is -0.890. The van der Waals surface area contributed by atoms with E-state index in [0.29, 0.717) is 19.3 Å². The molecule has 0 aromatic carbocycles. The first-order valence-corrected chi connectivity index (χ1v) is 26.4. The Labute approximate surface area is 379 Å². The molecule has 0 aromatic heterocycles. The summed E-state index contributed by atoms with van der Waals surface area (Å²) in [7, 11) is 0. The summed E-state index contributed by atoms with van der Waals surface area (Å²) in [6, 6.07) is -1.16. The SMILES string of the molecule is CCCCCCCCCCCCCCCCCCCCCCCCCC(O)C(=O)NC(COC1OC(CO)C(O)C(O)C1O)C(O)C(O)CCCCCCCCCCCCCC. The molecule has 1 heterocycles. The average molecular weight is 888 g/mol. The molecule has 0 spiro atoms. The number of hydrogen-bond acceptors (Lipinski definition) is 10. The summed E-state index contributed by atoms with van der Waals surface area (Å²) in [6.45, 7) is 3.46. The second kappa shape index (κ2) is 41.5. The van der Waals surface area contributed by atoms with Crippen LogP contribution in [-0.2, 0) is 14.3 Å². The van der Waals surface area contributed by atoms with Gasteiger partial charge >= 0.3 is 0 Å². The predicted octanol–water partition coefficient (Wildman–Crippen LogP) is 9.84. The minimum absolute atomic E-state index is 0.267. The number of hydrogen-bond donors (Lipinski definition) is 8. The molecular formula is C51H101NO10. The van der Waals surface area contributed by atoms with E-state index in [4.69, 9.17) is 9.47 Å². The third kappa shape index (κ3) is 30.3. The Morgan fingerprint density at radius 1 is 0.500 bits per heavy atom. The van der Waals surface area contributed by atoms with Gasteiger partial charge in [0.1, 0.15) is 36.6 Å². The van der Waals surface area contributed by atoms with E-state index >= 15 is 0 Å². The molecule has 9 atom stereocenters. The smallest absolute Gasteiger partial charge is 0.249 e. The molecule has 1 aliphatic heterocycles. The van der Waals surface area contributed by atoms with Crippen LogP contribution in [0.5, 0.6) is 0 Å². The second-order valence-corrected chi connectivity index (χ2v) is 19.0. The van der Waals surface area contributed by atoms with Gasteiger partial charge in [-0.3, -0.25) is 4.79 Å². The Balaban J connectivity index is 2.30. The number of unbranched alkanes of at least 4 members (excludes halogenated alkanes) is 33. The van der Waals surface area contributed by atoms with Crippen LogP contribution in [0.15, 0.2) is 0 Å². The van der Waals surface area contributed by atoms with Crippen LogP contribution in [0.4, 0.5) is 0 Å². The molecule has 11 heteroatoms. The summed E-state index contributed by atoms with van der Waals surface area (Å²) in [6.07, 6.45) is 33.0. The molecule has 1 rings (SSSR count). The first-order valence-electron chi connectivity index (χ1n) is 26.4. The molecule has 0 aromatic rings. The minimum Gasteiger partial charge on any atom is -0.394 e. The Bertz CT molecular complexity index is 975. The highest BCUT2D eigenvalue weighted by Gasteiger charge is 2.44. The highest BCUT2D eigenvalue weighted by atomic mass is 16.7. The number of aliphatic hydroxyl groups is 7. The standard InChI is InChI=1S/C51H101NO10/c1-3-5-7-9-11-13-15-17-18-19-20-21-22-23-24-25-26-27-29-31-33-35-37-39-44(55)50(60)52-42(41-61-51-49(59)48(58)47(57)45(40-53)62-51)46(56)43(54)38-36-34-32-30-28-16-14-12-10-8-6-4-2/h42-49,51,53-59H,3-41H2,1-2H3,(H,52,60).